The molecule has 0 radical (unpaired) electrons. The first-order chi connectivity index (χ1) is 12.4. The van der Waals surface area contributed by atoms with Gasteiger partial charge in [0.15, 0.2) is 0 Å². The molecule has 2 atom stereocenters. The van der Waals surface area contributed by atoms with Crippen LogP contribution in [0.15, 0.2) is 59.6 Å². The second kappa shape index (κ2) is 5.99. The number of fused-ring (bicyclic) bond motifs is 3. The van der Waals surface area contributed by atoms with Crippen molar-refractivity contribution in [1.82, 2.24) is 9.42 Å². The molecule has 0 bridgehead atoms. The number of sulfonamides is 1. The minimum absolute atomic E-state index is 0.0121. The first-order valence-electron chi connectivity index (χ1n) is 8.60. The summed E-state index contributed by atoms with van der Waals surface area (Å²) < 4.78 is 27.4. The molecular formula is C20H20N2O3S. The van der Waals surface area contributed by atoms with E-state index >= 15 is 0 Å². The lowest BCUT2D eigenvalue weighted by Gasteiger charge is -2.47. The predicted octanol–water partition coefficient (Wildman–Crippen LogP) is 3.49. The Kier molecular flexibility index (Phi) is 3.88. The van der Waals surface area contributed by atoms with E-state index in [1.807, 2.05) is 44.2 Å². The van der Waals surface area contributed by atoms with Crippen LogP contribution < -0.4 is 0 Å². The maximum absolute atomic E-state index is 13.2. The van der Waals surface area contributed by atoms with Crippen LogP contribution in [0.2, 0.25) is 0 Å². The lowest BCUT2D eigenvalue weighted by atomic mass is 9.85. The van der Waals surface area contributed by atoms with E-state index in [4.69, 9.17) is 0 Å². The number of nitrogens with zero attached hydrogens (tertiary/aromatic N) is 2. The SMILES string of the molecule is Cc1ccc(S(=O)(=O)N2C(=O)C[C@H](C)C3c4ccccc4C=CN32)cc1. The first-order valence-corrected chi connectivity index (χ1v) is 10.0. The molecule has 1 amide bonds. The Morgan fingerprint density at radius 1 is 1.04 bits per heavy atom. The number of rotatable bonds is 2. The lowest BCUT2D eigenvalue weighted by Crippen LogP contribution is -2.55. The summed E-state index contributed by atoms with van der Waals surface area (Å²) in [6.07, 6.45) is 3.75. The third-order valence-electron chi connectivity index (χ3n) is 5.01. The maximum atomic E-state index is 13.2. The van der Waals surface area contributed by atoms with Crippen molar-refractivity contribution in [3.8, 4) is 0 Å². The zero-order valence-corrected chi connectivity index (χ0v) is 15.5. The van der Waals surface area contributed by atoms with E-state index in [-0.39, 0.29) is 23.3 Å². The fourth-order valence-corrected chi connectivity index (χ4v) is 5.15. The number of carbonyl (C=O) groups excluding carboxylic acids is 1. The number of hydrazine groups is 1. The molecule has 0 aromatic heterocycles. The van der Waals surface area contributed by atoms with Crippen LogP contribution in [0, 0.1) is 12.8 Å². The standard InChI is InChI=1S/C20H20N2O3S/c1-14-7-9-17(10-8-14)26(24,25)22-19(23)13-15(2)20-18-6-4-3-5-16(18)11-12-21(20)22/h3-12,15,20H,13H2,1-2H3/t15-,20?/m0/s1. The Hall–Kier alpha value is -2.60. The minimum atomic E-state index is -3.97. The molecule has 134 valence electrons. The normalized spacial score (nSPS) is 22.2. The molecule has 1 unspecified atom stereocenters. The molecule has 1 saturated heterocycles. The molecule has 6 heteroatoms. The highest BCUT2D eigenvalue weighted by Gasteiger charge is 2.45. The average molecular weight is 368 g/mol. The number of hydrogen-bond donors (Lipinski definition) is 0. The van der Waals surface area contributed by atoms with Gasteiger partial charge >= 0.3 is 0 Å². The maximum Gasteiger partial charge on any atom is 0.284 e. The van der Waals surface area contributed by atoms with E-state index < -0.39 is 15.9 Å². The van der Waals surface area contributed by atoms with Crippen LogP contribution >= 0.6 is 0 Å². The molecule has 0 spiro atoms. The van der Waals surface area contributed by atoms with Crippen molar-refractivity contribution < 1.29 is 13.2 Å². The zero-order valence-electron chi connectivity index (χ0n) is 14.7. The average Bonchev–Trinajstić information content (AvgIpc) is 2.61. The third-order valence-corrected chi connectivity index (χ3v) is 6.73. The van der Waals surface area contributed by atoms with Gasteiger partial charge in [0.05, 0.1) is 10.9 Å². The van der Waals surface area contributed by atoms with Gasteiger partial charge in [0.2, 0.25) is 0 Å². The summed E-state index contributed by atoms with van der Waals surface area (Å²) in [6.45, 7) is 3.88. The van der Waals surface area contributed by atoms with Crippen LogP contribution in [0.25, 0.3) is 6.08 Å². The number of benzene rings is 2. The van der Waals surface area contributed by atoms with E-state index in [2.05, 4.69) is 0 Å². The quantitative estimate of drug-likeness (QED) is 0.814. The lowest BCUT2D eigenvalue weighted by molar-refractivity contribution is -0.146. The van der Waals surface area contributed by atoms with Crippen LogP contribution in [-0.4, -0.2) is 23.7 Å². The van der Waals surface area contributed by atoms with Gasteiger partial charge in [-0.05, 0) is 42.2 Å². The molecule has 0 saturated carbocycles. The monoisotopic (exact) mass is 368 g/mol. The fourth-order valence-electron chi connectivity index (χ4n) is 3.73. The molecule has 0 N–H and O–H groups in total. The van der Waals surface area contributed by atoms with Gasteiger partial charge < -0.3 is 0 Å². The largest absolute Gasteiger partial charge is 0.284 e. The van der Waals surface area contributed by atoms with Crippen LogP contribution in [-0.2, 0) is 14.8 Å². The molecule has 4 rings (SSSR count). The molecule has 5 nitrogen and oxygen atoms in total. The highest BCUT2D eigenvalue weighted by atomic mass is 32.2. The molecule has 2 aromatic rings. The predicted molar refractivity (Wildman–Crippen MR) is 99.0 cm³/mol. The second-order valence-corrected chi connectivity index (χ2v) is 8.67. The van der Waals surface area contributed by atoms with E-state index in [0.29, 0.717) is 0 Å². The molecule has 1 fully saturated rings. The molecule has 0 aliphatic carbocycles. The van der Waals surface area contributed by atoms with Crippen molar-refractivity contribution >= 4 is 22.0 Å². The minimum Gasteiger partial charge on any atom is -0.272 e. The van der Waals surface area contributed by atoms with Crippen LogP contribution in [0.3, 0.4) is 0 Å². The van der Waals surface area contributed by atoms with Crippen molar-refractivity contribution in [1.29, 1.82) is 0 Å². The summed E-state index contributed by atoms with van der Waals surface area (Å²) in [5.74, 6) is -0.392. The van der Waals surface area contributed by atoms with E-state index in [0.717, 1.165) is 21.1 Å². The van der Waals surface area contributed by atoms with E-state index in [1.54, 1.807) is 35.5 Å². The molecular weight excluding hydrogens is 348 g/mol. The summed E-state index contributed by atoms with van der Waals surface area (Å²) in [7, 11) is -3.97. The molecule has 2 aliphatic rings. The van der Waals surface area contributed by atoms with Gasteiger partial charge in [0, 0.05) is 12.6 Å². The summed E-state index contributed by atoms with van der Waals surface area (Å²) in [4.78, 5) is 12.9. The van der Waals surface area contributed by atoms with Gasteiger partial charge in [-0.25, -0.2) is 0 Å². The van der Waals surface area contributed by atoms with Gasteiger partial charge in [0.1, 0.15) is 0 Å². The van der Waals surface area contributed by atoms with Crippen LogP contribution in [0.1, 0.15) is 36.1 Å². The molecule has 26 heavy (non-hydrogen) atoms. The van der Waals surface area contributed by atoms with Crippen molar-refractivity contribution in [2.45, 2.75) is 31.2 Å². The second-order valence-electron chi connectivity index (χ2n) is 6.91. The Balaban J connectivity index is 1.82. The van der Waals surface area contributed by atoms with Crippen molar-refractivity contribution in [2.75, 3.05) is 0 Å². The topological polar surface area (TPSA) is 57.7 Å². The Labute approximate surface area is 153 Å². The zero-order chi connectivity index (χ0) is 18.5. The first kappa shape index (κ1) is 16.8. The van der Waals surface area contributed by atoms with E-state index in [9.17, 15) is 13.2 Å². The number of hydrogen-bond acceptors (Lipinski definition) is 4. The summed E-state index contributed by atoms with van der Waals surface area (Å²) in [6, 6.07) is 14.3. The van der Waals surface area contributed by atoms with Crippen molar-refractivity contribution in [3.63, 3.8) is 0 Å². The smallest absolute Gasteiger partial charge is 0.272 e. The Morgan fingerprint density at radius 3 is 2.46 bits per heavy atom. The van der Waals surface area contributed by atoms with Gasteiger partial charge in [-0.3, -0.25) is 9.80 Å². The number of aryl methyl sites for hydroxylation is 1. The van der Waals surface area contributed by atoms with Crippen molar-refractivity contribution in [3.05, 3.63) is 71.4 Å². The van der Waals surface area contributed by atoms with Crippen molar-refractivity contribution in [2.24, 2.45) is 5.92 Å². The number of carbonyl (C=O) groups is 1. The molecule has 2 aromatic carbocycles. The Morgan fingerprint density at radius 2 is 1.73 bits per heavy atom. The fraction of sp³-hybridized carbons (Fsp3) is 0.250. The highest BCUT2D eigenvalue weighted by molar-refractivity contribution is 7.89. The molecule has 2 aliphatic heterocycles. The van der Waals surface area contributed by atoms with Gasteiger partial charge in [-0.15, -0.1) is 4.41 Å². The van der Waals surface area contributed by atoms with Crippen LogP contribution in [0.4, 0.5) is 0 Å². The van der Waals surface area contributed by atoms with E-state index in [1.165, 1.54) is 0 Å². The summed E-state index contributed by atoms with van der Waals surface area (Å²) in [5.41, 5.74) is 3.06. The Bertz CT molecular complexity index is 996. The number of amides is 1. The van der Waals surface area contributed by atoms with Gasteiger partial charge in [-0.2, -0.15) is 8.42 Å². The molecule has 2 heterocycles. The summed E-state index contributed by atoms with van der Waals surface area (Å²) in [5, 5.41) is 1.58. The van der Waals surface area contributed by atoms with Gasteiger partial charge in [0.25, 0.3) is 15.9 Å². The summed E-state index contributed by atoms with van der Waals surface area (Å²) >= 11 is 0. The third kappa shape index (κ3) is 2.52. The van der Waals surface area contributed by atoms with Crippen LogP contribution in [0.5, 0.6) is 0 Å². The van der Waals surface area contributed by atoms with Gasteiger partial charge in [-0.1, -0.05) is 48.9 Å². The highest BCUT2D eigenvalue weighted by Crippen LogP contribution is 2.43.